The number of rotatable bonds is 5. The van der Waals surface area contributed by atoms with Crippen molar-refractivity contribution in [3.63, 3.8) is 0 Å². The van der Waals surface area contributed by atoms with Gasteiger partial charge in [0.05, 0.1) is 6.10 Å². The minimum atomic E-state index is -0.295. The van der Waals surface area contributed by atoms with Gasteiger partial charge < -0.3 is 15.4 Å². The quantitative estimate of drug-likeness (QED) is 0.738. The van der Waals surface area contributed by atoms with E-state index in [4.69, 9.17) is 4.74 Å². The van der Waals surface area contributed by atoms with Gasteiger partial charge in [-0.2, -0.15) is 9.97 Å². The lowest BCUT2D eigenvalue weighted by molar-refractivity contribution is 0.120. The summed E-state index contributed by atoms with van der Waals surface area (Å²) in [5.41, 5.74) is 1.74. The van der Waals surface area contributed by atoms with E-state index in [1.807, 2.05) is 0 Å². The molecule has 0 saturated carbocycles. The summed E-state index contributed by atoms with van der Waals surface area (Å²) in [6, 6.07) is 6.04. The van der Waals surface area contributed by atoms with Crippen LogP contribution in [0.25, 0.3) is 11.2 Å². The predicted molar refractivity (Wildman–Crippen MR) is 92.3 cm³/mol. The van der Waals surface area contributed by atoms with Crippen molar-refractivity contribution in [1.82, 2.24) is 19.9 Å². The first-order chi connectivity index (χ1) is 12.3. The van der Waals surface area contributed by atoms with Crippen molar-refractivity contribution in [2.75, 3.05) is 23.8 Å². The smallest absolute Gasteiger partial charge is 0.226 e. The maximum Gasteiger partial charge on any atom is 0.226 e. The molecule has 2 N–H and O–H groups in total. The molecule has 0 radical (unpaired) electrons. The van der Waals surface area contributed by atoms with E-state index in [1.165, 1.54) is 12.1 Å². The second kappa shape index (κ2) is 6.94. The molecule has 3 heterocycles. The van der Waals surface area contributed by atoms with E-state index in [0.717, 1.165) is 19.4 Å². The molecule has 2 aromatic heterocycles. The van der Waals surface area contributed by atoms with Gasteiger partial charge in [-0.15, -0.1) is 0 Å². The average molecular weight is 340 g/mol. The lowest BCUT2D eigenvalue weighted by Crippen LogP contribution is -2.20. The molecule has 4 rings (SSSR count). The number of hydrogen-bond acceptors (Lipinski definition) is 7. The number of ether oxygens (including phenoxy) is 1. The Morgan fingerprint density at radius 2 is 1.96 bits per heavy atom. The first-order valence-corrected chi connectivity index (χ1v) is 8.15. The van der Waals surface area contributed by atoms with Gasteiger partial charge in [-0.3, -0.25) is 0 Å². The van der Waals surface area contributed by atoms with Gasteiger partial charge in [0.2, 0.25) is 5.95 Å². The van der Waals surface area contributed by atoms with Crippen LogP contribution in [0.3, 0.4) is 0 Å². The summed E-state index contributed by atoms with van der Waals surface area (Å²) in [7, 11) is 0. The molecule has 0 bridgehead atoms. The van der Waals surface area contributed by atoms with Crippen LogP contribution >= 0.6 is 0 Å². The Morgan fingerprint density at radius 1 is 1.12 bits per heavy atom. The highest BCUT2D eigenvalue weighted by Crippen LogP contribution is 2.23. The van der Waals surface area contributed by atoms with E-state index < -0.39 is 0 Å². The van der Waals surface area contributed by atoms with Crippen LogP contribution in [0.5, 0.6) is 0 Å². The van der Waals surface area contributed by atoms with E-state index in [2.05, 4.69) is 30.6 Å². The fourth-order valence-corrected chi connectivity index (χ4v) is 2.71. The third-order valence-corrected chi connectivity index (χ3v) is 3.95. The maximum atomic E-state index is 13.1. The summed E-state index contributed by atoms with van der Waals surface area (Å²) in [5.74, 6) is 0.671. The van der Waals surface area contributed by atoms with E-state index in [1.54, 1.807) is 24.5 Å². The second-order valence-electron chi connectivity index (χ2n) is 5.77. The zero-order chi connectivity index (χ0) is 17.1. The molecule has 0 amide bonds. The van der Waals surface area contributed by atoms with Gasteiger partial charge in [0.15, 0.2) is 17.0 Å². The van der Waals surface area contributed by atoms with Crippen molar-refractivity contribution in [1.29, 1.82) is 0 Å². The minimum Gasteiger partial charge on any atom is -0.376 e. The Balaban J connectivity index is 1.62. The van der Waals surface area contributed by atoms with Crippen molar-refractivity contribution in [2.24, 2.45) is 0 Å². The third-order valence-electron chi connectivity index (χ3n) is 3.95. The molecule has 0 aliphatic carbocycles. The predicted octanol–water partition coefficient (Wildman–Crippen LogP) is 2.89. The molecule has 0 unspecified atom stereocenters. The Labute approximate surface area is 143 Å². The van der Waals surface area contributed by atoms with Crippen LogP contribution < -0.4 is 10.6 Å². The number of anilines is 3. The van der Waals surface area contributed by atoms with E-state index >= 15 is 0 Å². The summed E-state index contributed by atoms with van der Waals surface area (Å²) in [6.45, 7) is 1.44. The van der Waals surface area contributed by atoms with Crippen molar-refractivity contribution in [2.45, 2.75) is 18.9 Å². The van der Waals surface area contributed by atoms with Gasteiger partial charge in [0, 0.05) is 31.2 Å². The molecule has 1 atom stereocenters. The second-order valence-corrected chi connectivity index (χ2v) is 5.77. The fourth-order valence-electron chi connectivity index (χ4n) is 2.71. The number of aromatic nitrogens is 4. The largest absolute Gasteiger partial charge is 0.376 e. The molecular formula is C17H17FN6O. The van der Waals surface area contributed by atoms with Crippen LogP contribution in [0.2, 0.25) is 0 Å². The summed E-state index contributed by atoms with van der Waals surface area (Å²) < 4.78 is 18.7. The zero-order valence-corrected chi connectivity index (χ0v) is 13.4. The Bertz CT molecular complexity index is 867. The van der Waals surface area contributed by atoms with Crippen LogP contribution in [-0.4, -0.2) is 39.2 Å². The summed E-state index contributed by atoms with van der Waals surface area (Å²) in [4.78, 5) is 17.4. The topological polar surface area (TPSA) is 84.9 Å². The monoisotopic (exact) mass is 340 g/mol. The summed E-state index contributed by atoms with van der Waals surface area (Å²) in [5, 5.41) is 6.35. The molecule has 1 aliphatic rings. The van der Waals surface area contributed by atoms with Gasteiger partial charge in [-0.25, -0.2) is 14.4 Å². The Hall–Kier alpha value is -2.87. The van der Waals surface area contributed by atoms with Crippen LogP contribution in [0.4, 0.5) is 21.8 Å². The highest BCUT2D eigenvalue weighted by atomic mass is 19.1. The molecule has 1 saturated heterocycles. The minimum absolute atomic E-state index is 0.176. The first-order valence-electron chi connectivity index (χ1n) is 8.15. The lowest BCUT2D eigenvalue weighted by Gasteiger charge is -2.13. The SMILES string of the molecule is Fc1ccc(Nc2nc(NC[C@H]3CCCO3)nc3nccnc23)cc1. The molecule has 1 aromatic carbocycles. The summed E-state index contributed by atoms with van der Waals surface area (Å²) >= 11 is 0. The van der Waals surface area contributed by atoms with Crippen molar-refractivity contribution >= 4 is 28.6 Å². The molecule has 7 nitrogen and oxygen atoms in total. The maximum absolute atomic E-state index is 13.1. The number of halogens is 1. The number of hydrogen-bond donors (Lipinski definition) is 2. The molecule has 8 heteroatoms. The van der Waals surface area contributed by atoms with Gasteiger partial charge in [0.25, 0.3) is 0 Å². The van der Waals surface area contributed by atoms with Gasteiger partial charge in [-0.05, 0) is 37.1 Å². The number of nitrogens with zero attached hydrogens (tertiary/aromatic N) is 4. The van der Waals surface area contributed by atoms with E-state index in [-0.39, 0.29) is 11.9 Å². The van der Waals surface area contributed by atoms with Gasteiger partial charge >= 0.3 is 0 Å². The van der Waals surface area contributed by atoms with E-state index in [9.17, 15) is 4.39 Å². The van der Waals surface area contributed by atoms with E-state index in [0.29, 0.717) is 35.2 Å². The standard InChI is InChI=1S/C17H17FN6O/c18-11-3-5-12(6-4-11)22-16-14-15(20-8-7-19-14)23-17(24-16)21-10-13-2-1-9-25-13/h3-8,13H,1-2,9-10H2,(H2,20,21,22,23,24)/t13-/m1/s1. The normalized spacial score (nSPS) is 16.9. The van der Waals surface area contributed by atoms with Gasteiger partial charge in [0.1, 0.15) is 5.82 Å². The lowest BCUT2D eigenvalue weighted by atomic mass is 10.2. The molecular weight excluding hydrogens is 323 g/mol. The number of benzene rings is 1. The van der Waals surface area contributed by atoms with Crippen molar-refractivity contribution in [3.8, 4) is 0 Å². The molecule has 1 aliphatic heterocycles. The Morgan fingerprint density at radius 3 is 2.76 bits per heavy atom. The van der Waals surface area contributed by atoms with Gasteiger partial charge in [-0.1, -0.05) is 0 Å². The summed E-state index contributed by atoms with van der Waals surface area (Å²) in [6.07, 6.45) is 5.45. The van der Waals surface area contributed by atoms with Crippen molar-refractivity contribution < 1.29 is 9.13 Å². The molecule has 0 spiro atoms. The highest BCUT2D eigenvalue weighted by Gasteiger charge is 2.16. The molecule has 25 heavy (non-hydrogen) atoms. The third kappa shape index (κ3) is 3.63. The average Bonchev–Trinajstić information content (AvgIpc) is 3.15. The van der Waals surface area contributed by atoms with Crippen LogP contribution in [0.1, 0.15) is 12.8 Å². The zero-order valence-electron chi connectivity index (χ0n) is 13.4. The van der Waals surface area contributed by atoms with Crippen molar-refractivity contribution in [3.05, 3.63) is 42.5 Å². The first kappa shape index (κ1) is 15.6. The number of fused-ring (bicyclic) bond motifs is 1. The number of nitrogens with one attached hydrogen (secondary N) is 2. The van der Waals surface area contributed by atoms with Crippen LogP contribution in [-0.2, 0) is 4.74 Å². The molecule has 128 valence electrons. The Kier molecular flexibility index (Phi) is 4.34. The fraction of sp³-hybridized carbons (Fsp3) is 0.294. The molecule has 1 fully saturated rings. The highest BCUT2D eigenvalue weighted by molar-refractivity contribution is 5.85. The van der Waals surface area contributed by atoms with Crippen LogP contribution in [0, 0.1) is 5.82 Å². The molecule has 3 aromatic rings. The van der Waals surface area contributed by atoms with Crippen LogP contribution in [0.15, 0.2) is 36.7 Å².